The molecule has 22 heavy (non-hydrogen) atoms. The Labute approximate surface area is 137 Å². The zero-order valence-corrected chi connectivity index (χ0v) is 15.2. The van der Waals surface area contributed by atoms with Crippen LogP contribution in [0.2, 0.25) is 0 Å². The van der Waals surface area contributed by atoms with Crippen molar-refractivity contribution >= 4 is 0 Å². The fourth-order valence-electron chi connectivity index (χ4n) is 8.01. The number of hydrogen-bond acceptors (Lipinski definition) is 1. The van der Waals surface area contributed by atoms with E-state index in [0.29, 0.717) is 10.8 Å². The third-order valence-electron chi connectivity index (χ3n) is 9.41. The summed E-state index contributed by atoms with van der Waals surface area (Å²) >= 11 is 0. The van der Waals surface area contributed by atoms with E-state index in [9.17, 15) is 0 Å². The van der Waals surface area contributed by atoms with Gasteiger partial charge in [0, 0.05) is 5.54 Å². The van der Waals surface area contributed by atoms with E-state index >= 15 is 0 Å². The summed E-state index contributed by atoms with van der Waals surface area (Å²) in [5, 5.41) is 0. The highest BCUT2D eigenvalue weighted by molar-refractivity contribution is 5.18. The average Bonchev–Trinajstić information content (AvgIpc) is 2.89. The fourth-order valence-corrected chi connectivity index (χ4v) is 8.01. The summed E-state index contributed by atoms with van der Waals surface area (Å²) in [7, 11) is 0. The molecule has 0 aliphatic heterocycles. The Morgan fingerprint density at radius 3 is 2.41 bits per heavy atom. The first-order valence-electron chi connectivity index (χ1n) is 10.2. The zero-order valence-electron chi connectivity index (χ0n) is 15.2. The van der Waals surface area contributed by atoms with Crippen LogP contribution in [0.15, 0.2) is 0 Å². The lowest BCUT2D eigenvalue weighted by molar-refractivity contribution is -0.146. The van der Waals surface area contributed by atoms with Crippen molar-refractivity contribution in [2.45, 2.75) is 96.9 Å². The molecule has 2 N–H and O–H groups in total. The van der Waals surface area contributed by atoms with E-state index in [0.717, 1.165) is 23.7 Å². The maximum absolute atomic E-state index is 7.39. The predicted octanol–water partition coefficient (Wildman–Crippen LogP) is 5.53. The highest BCUT2D eigenvalue weighted by atomic mass is 14.9. The molecule has 0 bridgehead atoms. The van der Waals surface area contributed by atoms with Gasteiger partial charge in [0.25, 0.3) is 0 Å². The van der Waals surface area contributed by atoms with E-state index in [1.807, 2.05) is 0 Å². The van der Waals surface area contributed by atoms with Gasteiger partial charge >= 0.3 is 0 Å². The molecule has 0 amide bonds. The van der Waals surface area contributed by atoms with Crippen LogP contribution in [0.3, 0.4) is 0 Å². The van der Waals surface area contributed by atoms with Gasteiger partial charge in [0.05, 0.1) is 0 Å². The largest absolute Gasteiger partial charge is 0.324 e. The van der Waals surface area contributed by atoms with E-state index in [2.05, 4.69) is 20.8 Å². The monoisotopic (exact) mass is 303 g/mol. The lowest BCUT2D eigenvalue weighted by Gasteiger charge is -2.67. The minimum absolute atomic E-state index is 0.151. The Bertz CT molecular complexity index is 445. The molecule has 0 aromatic heterocycles. The number of hydrogen-bond donors (Lipinski definition) is 1. The van der Waals surface area contributed by atoms with E-state index in [4.69, 9.17) is 5.73 Å². The molecule has 4 rings (SSSR count). The smallest absolute Gasteiger partial charge is 0.0243 e. The first-order valence-corrected chi connectivity index (χ1v) is 10.2. The number of rotatable bonds is 1. The Morgan fingerprint density at radius 2 is 1.64 bits per heavy atom. The summed E-state index contributed by atoms with van der Waals surface area (Å²) in [6.07, 6.45) is 15.7. The van der Waals surface area contributed by atoms with Crippen LogP contribution in [-0.2, 0) is 0 Å². The van der Waals surface area contributed by atoms with E-state index in [-0.39, 0.29) is 5.54 Å². The molecular weight excluding hydrogens is 266 g/mol. The molecule has 4 aliphatic rings. The van der Waals surface area contributed by atoms with Crippen LogP contribution in [-0.4, -0.2) is 5.54 Å². The summed E-state index contributed by atoms with van der Waals surface area (Å²) in [6, 6.07) is 0. The highest BCUT2D eigenvalue weighted by Crippen LogP contribution is 2.68. The van der Waals surface area contributed by atoms with Gasteiger partial charge in [-0.05, 0) is 79.4 Å². The molecule has 7 atom stereocenters. The normalized spacial score (nSPS) is 57.8. The number of fused-ring (bicyclic) bond motifs is 5. The predicted molar refractivity (Wildman–Crippen MR) is 93.6 cm³/mol. The Balaban J connectivity index is 1.75. The fraction of sp³-hybridized carbons (Fsp3) is 1.00. The van der Waals surface area contributed by atoms with Crippen molar-refractivity contribution in [3.63, 3.8) is 0 Å². The highest BCUT2D eigenvalue weighted by Gasteiger charge is 2.65. The molecule has 126 valence electrons. The topological polar surface area (TPSA) is 26.0 Å². The molecule has 0 radical (unpaired) electrons. The van der Waals surface area contributed by atoms with Gasteiger partial charge in [0.2, 0.25) is 0 Å². The molecule has 0 heterocycles. The lowest BCUT2D eigenvalue weighted by Crippen LogP contribution is -2.70. The minimum atomic E-state index is 0.151. The van der Waals surface area contributed by atoms with Crippen LogP contribution in [0.5, 0.6) is 0 Å². The van der Waals surface area contributed by atoms with Crippen LogP contribution in [0.4, 0.5) is 0 Å². The van der Waals surface area contributed by atoms with Gasteiger partial charge in [-0.25, -0.2) is 0 Å². The molecule has 0 aromatic rings. The third-order valence-corrected chi connectivity index (χ3v) is 9.41. The Morgan fingerprint density at radius 1 is 0.864 bits per heavy atom. The van der Waals surface area contributed by atoms with Crippen LogP contribution >= 0.6 is 0 Å². The molecule has 1 heteroatoms. The molecular formula is C21H37N. The Hall–Kier alpha value is -0.0400. The van der Waals surface area contributed by atoms with Crippen molar-refractivity contribution in [2.75, 3.05) is 0 Å². The van der Waals surface area contributed by atoms with Crippen LogP contribution in [0, 0.1) is 34.5 Å². The van der Waals surface area contributed by atoms with Gasteiger partial charge in [0.15, 0.2) is 0 Å². The van der Waals surface area contributed by atoms with E-state index in [1.165, 1.54) is 70.6 Å². The molecule has 0 saturated heterocycles. The lowest BCUT2D eigenvalue weighted by atomic mass is 9.40. The van der Waals surface area contributed by atoms with Crippen molar-refractivity contribution in [1.29, 1.82) is 0 Å². The zero-order chi connectivity index (χ0) is 15.6. The quantitative estimate of drug-likeness (QED) is 0.677. The van der Waals surface area contributed by atoms with Gasteiger partial charge in [-0.3, -0.25) is 0 Å². The maximum Gasteiger partial charge on any atom is 0.0243 e. The first-order chi connectivity index (χ1) is 10.4. The summed E-state index contributed by atoms with van der Waals surface area (Å²) in [5.74, 6) is 3.62. The van der Waals surface area contributed by atoms with Gasteiger partial charge < -0.3 is 5.73 Å². The summed E-state index contributed by atoms with van der Waals surface area (Å²) in [4.78, 5) is 0. The maximum atomic E-state index is 7.39. The molecule has 4 fully saturated rings. The summed E-state index contributed by atoms with van der Waals surface area (Å²) in [6.45, 7) is 7.66. The van der Waals surface area contributed by atoms with Crippen molar-refractivity contribution in [3.05, 3.63) is 0 Å². The molecule has 4 aliphatic carbocycles. The average molecular weight is 304 g/mol. The molecule has 4 saturated carbocycles. The van der Waals surface area contributed by atoms with Gasteiger partial charge in [-0.1, -0.05) is 46.5 Å². The molecule has 0 aromatic carbocycles. The second-order valence-corrected chi connectivity index (χ2v) is 9.97. The Kier molecular flexibility index (Phi) is 3.50. The standard InChI is InChI=1S/C21H37N/c1-4-15-14-18-17-9-7-10-19(17,2)12-13-21(18,22)20(3)11-6-5-8-16(15)20/h15-18H,4-14,22H2,1-3H3/t15-,16?,17?,18?,19?,20?,21+/m0/s1. The number of nitrogens with two attached hydrogens (primary N) is 1. The van der Waals surface area contributed by atoms with Crippen LogP contribution < -0.4 is 5.73 Å². The van der Waals surface area contributed by atoms with Crippen molar-refractivity contribution < 1.29 is 0 Å². The summed E-state index contributed by atoms with van der Waals surface area (Å²) in [5.41, 5.74) is 8.59. The van der Waals surface area contributed by atoms with Crippen LogP contribution in [0.25, 0.3) is 0 Å². The first kappa shape index (κ1) is 15.5. The summed E-state index contributed by atoms with van der Waals surface area (Å²) < 4.78 is 0. The third kappa shape index (κ3) is 1.81. The van der Waals surface area contributed by atoms with E-state index in [1.54, 1.807) is 0 Å². The molecule has 0 spiro atoms. The van der Waals surface area contributed by atoms with Gasteiger partial charge in [0.1, 0.15) is 0 Å². The minimum Gasteiger partial charge on any atom is -0.324 e. The van der Waals surface area contributed by atoms with Crippen molar-refractivity contribution in [3.8, 4) is 0 Å². The van der Waals surface area contributed by atoms with Gasteiger partial charge in [-0.2, -0.15) is 0 Å². The van der Waals surface area contributed by atoms with Crippen molar-refractivity contribution in [1.82, 2.24) is 0 Å². The molecule has 5 unspecified atom stereocenters. The van der Waals surface area contributed by atoms with Crippen molar-refractivity contribution in [2.24, 2.45) is 40.2 Å². The van der Waals surface area contributed by atoms with E-state index < -0.39 is 0 Å². The van der Waals surface area contributed by atoms with Gasteiger partial charge in [-0.15, -0.1) is 0 Å². The SMILES string of the molecule is CC[C@H]1CC2C3CCCC3(C)CC[C@]2(N)C2(C)CCCCC12. The van der Waals surface area contributed by atoms with Crippen LogP contribution in [0.1, 0.15) is 91.4 Å². The molecule has 1 nitrogen and oxygen atoms in total. The second-order valence-electron chi connectivity index (χ2n) is 9.97. The second kappa shape index (κ2) is 4.98.